The topological polar surface area (TPSA) is 241 Å². The third-order valence-corrected chi connectivity index (χ3v) is 5.88. The molecular formula is C29H43NO16. The van der Waals surface area contributed by atoms with E-state index >= 15 is 0 Å². The van der Waals surface area contributed by atoms with E-state index in [4.69, 9.17) is 33.5 Å². The molecule has 0 spiro atoms. The first-order chi connectivity index (χ1) is 21.7. The Morgan fingerprint density at radius 2 is 1.02 bits per heavy atom. The van der Waals surface area contributed by atoms with Gasteiger partial charge in [-0.05, 0) is 6.42 Å². The van der Waals surface area contributed by atoms with E-state index in [2.05, 4.69) is 5.32 Å². The molecule has 1 amide bonds. The number of carboxylic acids is 1. The number of Topliss-reactive ketones (excluding diaryl/α,β-unsaturated/α-hetero) is 2. The Hall–Kier alpha value is -4.41. The van der Waals surface area contributed by atoms with E-state index in [0.29, 0.717) is 0 Å². The van der Waals surface area contributed by atoms with Crippen LogP contribution in [0.4, 0.5) is 0 Å². The molecule has 0 fully saturated rings. The average Bonchev–Trinajstić information content (AvgIpc) is 3.03. The lowest BCUT2D eigenvalue weighted by molar-refractivity contribution is -0.185. The number of amides is 1. The minimum atomic E-state index is -1.97. The molecule has 2 N–H and O–H groups in total. The first-order valence-electron chi connectivity index (χ1n) is 14.7. The number of carbonyl (C=O) groups is 9. The van der Waals surface area contributed by atoms with Gasteiger partial charge in [-0.3, -0.25) is 38.4 Å². The molecule has 0 saturated carbocycles. The van der Waals surface area contributed by atoms with Gasteiger partial charge in [0.15, 0.2) is 11.6 Å². The number of aliphatic carboxylic acids is 1. The molecule has 0 aromatic carbocycles. The highest BCUT2D eigenvalue weighted by Gasteiger charge is 2.41. The van der Waals surface area contributed by atoms with Crippen molar-refractivity contribution in [3.63, 3.8) is 0 Å². The van der Waals surface area contributed by atoms with Crippen LogP contribution in [-0.4, -0.2) is 110 Å². The maximum Gasteiger partial charge on any atom is 0.352 e. The molecule has 17 heteroatoms. The Balaban J connectivity index is 5.88. The van der Waals surface area contributed by atoms with Crippen molar-refractivity contribution >= 4 is 53.3 Å². The largest absolute Gasteiger partial charge is 0.481 e. The monoisotopic (exact) mass is 661 g/mol. The summed E-state index contributed by atoms with van der Waals surface area (Å²) in [5, 5.41) is 11.3. The van der Waals surface area contributed by atoms with E-state index in [9.17, 15) is 43.2 Å². The van der Waals surface area contributed by atoms with E-state index < -0.39 is 97.0 Å². The minimum absolute atomic E-state index is 0.00847. The zero-order valence-electron chi connectivity index (χ0n) is 26.7. The molecule has 0 radical (unpaired) electrons. The molecule has 0 aromatic rings. The van der Waals surface area contributed by atoms with Gasteiger partial charge in [0.2, 0.25) is 24.4 Å². The fraction of sp³-hybridized carbons (Fsp3) is 0.690. The summed E-state index contributed by atoms with van der Waals surface area (Å²) < 4.78 is 30.2. The molecule has 4 unspecified atom stereocenters. The summed E-state index contributed by atoms with van der Waals surface area (Å²) in [4.78, 5) is 111. The predicted octanol–water partition coefficient (Wildman–Crippen LogP) is 0.363. The van der Waals surface area contributed by atoms with Crippen LogP contribution in [0.5, 0.6) is 0 Å². The van der Waals surface area contributed by atoms with Crippen molar-refractivity contribution in [2.45, 2.75) is 103 Å². The number of hydrogen-bond donors (Lipinski definition) is 2. The number of carbonyl (C=O) groups excluding carboxylic acids is 8. The fourth-order valence-corrected chi connectivity index (χ4v) is 3.38. The second-order valence-electron chi connectivity index (χ2n) is 9.44. The van der Waals surface area contributed by atoms with E-state index in [1.807, 2.05) is 0 Å². The predicted molar refractivity (Wildman–Crippen MR) is 153 cm³/mol. The number of methoxy groups -OCH3 is 1. The Bertz CT molecular complexity index is 1090. The lowest BCUT2D eigenvalue weighted by Gasteiger charge is -2.25. The van der Waals surface area contributed by atoms with Crippen LogP contribution >= 0.6 is 0 Å². The van der Waals surface area contributed by atoms with Crippen LogP contribution in [0.25, 0.3) is 0 Å². The SMILES string of the molecule is CCC(=O)OC(C(=O)CCC(=O)O)C(OC(=O)CC)C(=O)NCCCC(=O)C(OC(=O)CC)C(OC(=O)CC)C(=O)OCCOC. The molecule has 0 saturated heterocycles. The molecule has 4 atom stereocenters. The Morgan fingerprint density at radius 3 is 1.48 bits per heavy atom. The molecule has 0 aliphatic carbocycles. The highest BCUT2D eigenvalue weighted by Crippen LogP contribution is 2.16. The first kappa shape index (κ1) is 41.6. The Kier molecular flexibility index (Phi) is 20.8. The number of esters is 5. The van der Waals surface area contributed by atoms with Crippen molar-refractivity contribution in [1.82, 2.24) is 5.32 Å². The molecular weight excluding hydrogens is 618 g/mol. The number of hydrogen-bond acceptors (Lipinski definition) is 15. The standard InChI is InChI=1S/C29H43NO16/c1-6-20(35)43-24(18(32)12-13-19(33)34)26(45-22(37)8-3)28(39)30-14-10-11-17(31)25(44-21(36)7-2)27(46-23(38)9-4)29(40)42-16-15-41-5/h24-27H,6-16H2,1-5H3,(H,30,39)(H,33,34). The van der Waals surface area contributed by atoms with Gasteiger partial charge in [0.05, 0.1) is 13.0 Å². The number of ketones is 2. The summed E-state index contributed by atoms with van der Waals surface area (Å²) in [5.41, 5.74) is 0. The van der Waals surface area contributed by atoms with Crippen LogP contribution < -0.4 is 5.32 Å². The zero-order valence-corrected chi connectivity index (χ0v) is 26.7. The summed E-state index contributed by atoms with van der Waals surface area (Å²) in [6, 6.07) is 0. The summed E-state index contributed by atoms with van der Waals surface area (Å²) in [6.45, 7) is 5.13. The van der Waals surface area contributed by atoms with Crippen molar-refractivity contribution in [3.05, 3.63) is 0 Å². The molecule has 0 rings (SSSR count). The number of rotatable bonds is 24. The van der Waals surface area contributed by atoms with E-state index in [1.165, 1.54) is 34.8 Å². The quantitative estimate of drug-likeness (QED) is 0.0806. The Labute approximate surface area is 265 Å². The second-order valence-corrected chi connectivity index (χ2v) is 9.44. The molecule has 0 aliphatic heterocycles. The average molecular weight is 662 g/mol. The third-order valence-electron chi connectivity index (χ3n) is 5.88. The molecule has 0 aliphatic rings. The van der Waals surface area contributed by atoms with E-state index in [0.717, 1.165) is 0 Å². The van der Waals surface area contributed by atoms with Crippen LogP contribution in [0.2, 0.25) is 0 Å². The lowest BCUT2D eigenvalue weighted by Crippen LogP contribution is -2.50. The van der Waals surface area contributed by atoms with Crippen LogP contribution in [0.15, 0.2) is 0 Å². The van der Waals surface area contributed by atoms with Gasteiger partial charge in [-0.15, -0.1) is 0 Å². The van der Waals surface area contributed by atoms with Crippen molar-refractivity contribution in [2.24, 2.45) is 0 Å². The number of ether oxygens (including phenoxy) is 6. The fourth-order valence-electron chi connectivity index (χ4n) is 3.38. The Morgan fingerprint density at radius 1 is 0.587 bits per heavy atom. The summed E-state index contributed by atoms with van der Waals surface area (Å²) in [5.74, 6) is -9.02. The summed E-state index contributed by atoms with van der Waals surface area (Å²) in [6.07, 6.45) is -10.4. The normalized spacial score (nSPS) is 13.2. The summed E-state index contributed by atoms with van der Waals surface area (Å²) >= 11 is 0. The molecule has 0 heterocycles. The molecule has 0 bridgehead atoms. The first-order valence-corrected chi connectivity index (χ1v) is 14.7. The van der Waals surface area contributed by atoms with Crippen LogP contribution in [0.3, 0.4) is 0 Å². The van der Waals surface area contributed by atoms with Gasteiger partial charge in [0.1, 0.15) is 6.61 Å². The van der Waals surface area contributed by atoms with Crippen molar-refractivity contribution in [1.29, 1.82) is 0 Å². The minimum Gasteiger partial charge on any atom is -0.481 e. The molecule has 17 nitrogen and oxygen atoms in total. The molecule has 0 aromatic heterocycles. The second kappa shape index (κ2) is 23.0. The highest BCUT2D eigenvalue weighted by atomic mass is 16.6. The van der Waals surface area contributed by atoms with E-state index in [-0.39, 0.29) is 51.9 Å². The smallest absolute Gasteiger partial charge is 0.352 e. The van der Waals surface area contributed by atoms with Gasteiger partial charge in [-0.2, -0.15) is 0 Å². The van der Waals surface area contributed by atoms with Gasteiger partial charge in [-0.25, -0.2) is 4.79 Å². The van der Waals surface area contributed by atoms with Gasteiger partial charge in [-0.1, -0.05) is 27.7 Å². The van der Waals surface area contributed by atoms with Crippen LogP contribution in [0.1, 0.15) is 79.1 Å². The van der Waals surface area contributed by atoms with E-state index in [1.54, 1.807) is 0 Å². The zero-order chi connectivity index (χ0) is 35.2. The van der Waals surface area contributed by atoms with Gasteiger partial charge in [0.25, 0.3) is 5.91 Å². The lowest BCUT2D eigenvalue weighted by atomic mass is 10.0. The molecule has 46 heavy (non-hydrogen) atoms. The number of carboxylic acid groups (broad SMARTS) is 1. The third kappa shape index (κ3) is 16.1. The maximum atomic E-state index is 13.1. The van der Waals surface area contributed by atoms with Gasteiger partial charge in [0, 0.05) is 52.2 Å². The number of nitrogens with one attached hydrogen (secondary N) is 1. The van der Waals surface area contributed by atoms with Crippen molar-refractivity contribution in [3.8, 4) is 0 Å². The van der Waals surface area contributed by atoms with Crippen molar-refractivity contribution < 1.29 is 76.7 Å². The van der Waals surface area contributed by atoms with Crippen LogP contribution in [-0.2, 0) is 71.6 Å². The van der Waals surface area contributed by atoms with Gasteiger partial charge < -0.3 is 38.8 Å². The highest BCUT2D eigenvalue weighted by molar-refractivity contribution is 5.96. The molecule has 260 valence electrons. The summed E-state index contributed by atoms with van der Waals surface area (Å²) in [7, 11) is 1.35. The van der Waals surface area contributed by atoms with Gasteiger partial charge >= 0.3 is 35.8 Å². The maximum absolute atomic E-state index is 13.1. The van der Waals surface area contributed by atoms with Crippen molar-refractivity contribution in [2.75, 3.05) is 26.9 Å². The van der Waals surface area contributed by atoms with Crippen LogP contribution in [0, 0.1) is 0 Å².